The molecular formula is C21H24F3NO3S. The van der Waals surface area contributed by atoms with Crippen LogP contribution in [0.15, 0.2) is 53.1 Å². The van der Waals surface area contributed by atoms with Gasteiger partial charge in [-0.25, -0.2) is 0 Å². The first-order chi connectivity index (χ1) is 13.6. The van der Waals surface area contributed by atoms with Crippen LogP contribution in [0, 0.1) is 5.92 Å². The molecule has 0 amide bonds. The highest BCUT2D eigenvalue weighted by Crippen LogP contribution is 2.35. The van der Waals surface area contributed by atoms with E-state index in [9.17, 15) is 22.8 Å². The molecule has 2 rings (SSSR count). The van der Waals surface area contributed by atoms with Crippen LogP contribution in [0.25, 0.3) is 0 Å². The monoisotopic (exact) mass is 427 g/mol. The lowest BCUT2D eigenvalue weighted by Gasteiger charge is -2.25. The maximum atomic E-state index is 12.6. The molecule has 1 aromatic rings. The van der Waals surface area contributed by atoms with Crippen molar-refractivity contribution in [2.75, 3.05) is 6.61 Å². The normalized spacial score (nSPS) is 18.5. The van der Waals surface area contributed by atoms with Gasteiger partial charge < -0.3 is 0 Å². The van der Waals surface area contributed by atoms with E-state index in [-0.39, 0.29) is 47.8 Å². The number of hydrogen-bond donors (Lipinski definition) is 1. The Balaban J connectivity index is 1.93. The zero-order valence-corrected chi connectivity index (χ0v) is 17.2. The molecule has 0 aromatic heterocycles. The molecule has 1 unspecified atom stereocenters. The molecule has 158 valence electrons. The van der Waals surface area contributed by atoms with Gasteiger partial charge in [0, 0.05) is 28.7 Å². The fourth-order valence-electron chi connectivity index (χ4n) is 3.27. The number of rotatable bonds is 8. The quantitative estimate of drug-likeness (QED) is 0.156. The number of benzene rings is 1. The molecule has 0 spiro atoms. The highest BCUT2D eigenvalue weighted by molar-refractivity contribution is 7.99. The Bertz CT molecular complexity index is 767. The third-order valence-electron chi connectivity index (χ3n) is 4.49. The Kier molecular flexibility index (Phi) is 8.10. The minimum Gasteiger partial charge on any atom is -0.294 e. The largest absolute Gasteiger partial charge is 0.416 e. The predicted octanol–water partition coefficient (Wildman–Crippen LogP) is 5.11. The molecule has 4 nitrogen and oxygen atoms in total. The van der Waals surface area contributed by atoms with Crippen molar-refractivity contribution in [1.82, 2.24) is 5.48 Å². The minimum atomic E-state index is -4.35. The van der Waals surface area contributed by atoms with Crippen molar-refractivity contribution < 1.29 is 27.6 Å². The summed E-state index contributed by atoms with van der Waals surface area (Å²) in [6.07, 6.45) is -1.66. The lowest BCUT2D eigenvalue weighted by atomic mass is 9.81. The maximum absolute atomic E-state index is 12.6. The molecule has 1 aliphatic rings. The van der Waals surface area contributed by atoms with Crippen molar-refractivity contribution in [3.05, 3.63) is 53.8 Å². The van der Waals surface area contributed by atoms with Crippen LogP contribution in [0.2, 0.25) is 0 Å². The second-order valence-corrected chi connectivity index (χ2v) is 8.52. The molecule has 1 N–H and O–H groups in total. The number of alkyl halides is 3. The molecule has 0 aliphatic heterocycles. The molecule has 1 saturated carbocycles. The maximum Gasteiger partial charge on any atom is 0.416 e. The number of carbonyl (C=O) groups is 2. The first-order valence-electron chi connectivity index (χ1n) is 9.21. The summed E-state index contributed by atoms with van der Waals surface area (Å²) >= 11 is 1.44. The molecule has 29 heavy (non-hydrogen) atoms. The molecule has 1 aliphatic carbocycles. The summed E-state index contributed by atoms with van der Waals surface area (Å²) < 4.78 is 37.9. The van der Waals surface area contributed by atoms with E-state index in [4.69, 9.17) is 4.84 Å². The first-order valence-corrected chi connectivity index (χ1v) is 10.1. The number of Topliss-reactive ketones (excluding diaryl/α,β-unsaturated/α-hetero) is 2. The minimum absolute atomic E-state index is 0.0537. The van der Waals surface area contributed by atoms with Gasteiger partial charge in [0.1, 0.15) is 0 Å². The Morgan fingerprint density at radius 3 is 2.38 bits per heavy atom. The fraction of sp³-hybridized carbons (Fsp3) is 0.429. The van der Waals surface area contributed by atoms with Gasteiger partial charge >= 0.3 is 6.18 Å². The average molecular weight is 427 g/mol. The number of allylic oxidation sites excluding steroid dienone is 2. The van der Waals surface area contributed by atoms with Gasteiger partial charge in [-0.2, -0.15) is 13.2 Å². The van der Waals surface area contributed by atoms with Crippen molar-refractivity contribution in [2.45, 2.75) is 49.4 Å². The van der Waals surface area contributed by atoms with Crippen molar-refractivity contribution in [1.29, 1.82) is 0 Å². The van der Waals surface area contributed by atoms with E-state index >= 15 is 0 Å². The Morgan fingerprint density at radius 2 is 1.86 bits per heavy atom. The molecule has 0 heterocycles. The van der Waals surface area contributed by atoms with Crippen LogP contribution in [0.4, 0.5) is 13.2 Å². The van der Waals surface area contributed by atoms with Gasteiger partial charge in [0.05, 0.1) is 17.7 Å². The van der Waals surface area contributed by atoms with Crippen LogP contribution in [-0.2, 0) is 20.6 Å². The second-order valence-electron chi connectivity index (χ2n) is 7.01. The van der Waals surface area contributed by atoms with Crippen LogP contribution in [0.3, 0.4) is 0 Å². The molecule has 0 bridgehead atoms. The molecular weight excluding hydrogens is 403 g/mol. The summed E-state index contributed by atoms with van der Waals surface area (Å²) in [6, 6.07) is 5.01. The molecule has 1 atom stereocenters. The number of hydrogen-bond acceptors (Lipinski definition) is 5. The molecule has 8 heteroatoms. The predicted molar refractivity (Wildman–Crippen MR) is 106 cm³/mol. The molecule has 0 saturated heterocycles. The highest BCUT2D eigenvalue weighted by atomic mass is 32.2. The Hall–Kier alpha value is -2.06. The van der Waals surface area contributed by atoms with E-state index in [1.807, 2.05) is 6.92 Å². The van der Waals surface area contributed by atoms with Gasteiger partial charge in [-0.3, -0.25) is 19.9 Å². The zero-order chi connectivity index (χ0) is 21.6. The van der Waals surface area contributed by atoms with Gasteiger partial charge in [-0.05, 0) is 43.5 Å². The fourth-order valence-corrected chi connectivity index (χ4v) is 4.40. The van der Waals surface area contributed by atoms with E-state index < -0.39 is 11.7 Å². The average Bonchev–Trinajstić information content (AvgIpc) is 2.61. The van der Waals surface area contributed by atoms with E-state index in [0.29, 0.717) is 12.1 Å². The standard InChI is InChI=1S/C21H24F3NO3S/c1-4-9-28-25-14(3)20-18(26)11-15(12-19(20)27)10-13(2)29-17-7-5-16(6-8-17)21(22,23)24/h4-8,13,15,25H,1,9-12H2,2-3H3. The lowest BCUT2D eigenvalue weighted by molar-refractivity contribution is -0.137. The number of hydroxylamine groups is 1. The van der Waals surface area contributed by atoms with E-state index in [1.54, 1.807) is 13.0 Å². The second kappa shape index (κ2) is 10.1. The summed E-state index contributed by atoms with van der Waals surface area (Å²) in [4.78, 5) is 30.7. The third-order valence-corrected chi connectivity index (χ3v) is 5.63. The number of halogens is 3. The van der Waals surface area contributed by atoms with Gasteiger partial charge in [0.25, 0.3) is 0 Å². The van der Waals surface area contributed by atoms with Crippen LogP contribution in [0.5, 0.6) is 0 Å². The van der Waals surface area contributed by atoms with Gasteiger partial charge in [-0.1, -0.05) is 13.0 Å². The van der Waals surface area contributed by atoms with Gasteiger partial charge in [0.15, 0.2) is 11.6 Å². The Morgan fingerprint density at radius 1 is 1.28 bits per heavy atom. The lowest BCUT2D eigenvalue weighted by Crippen LogP contribution is -2.30. The van der Waals surface area contributed by atoms with E-state index in [0.717, 1.165) is 17.0 Å². The van der Waals surface area contributed by atoms with Crippen molar-refractivity contribution in [2.24, 2.45) is 5.92 Å². The van der Waals surface area contributed by atoms with Gasteiger partial charge in [-0.15, -0.1) is 18.3 Å². The van der Waals surface area contributed by atoms with Crippen LogP contribution >= 0.6 is 11.8 Å². The van der Waals surface area contributed by atoms with Crippen molar-refractivity contribution in [3.63, 3.8) is 0 Å². The summed E-state index contributed by atoms with van der Waals surface area (Å²) in [5.41, 5.74) is 2.46. The molecule has 0 radical (unpaired) electrons. The highest BCUT2D eigenvalue weighted by Gasteiger charge is 2.33. The van der Waals surface area contributed by atoms with Crippen LogP contribution < -0.4 is 5.48 Å². The van der Waals surface area contributed by atoms with Crippen molar-refractivity contribution in [3.8, 4) is 0 Å². The number of ketones is 2. The first kappa shape index (κ1) is 23.2. The van der Waals surface area contributed by atoms with Crippen molar-refractivity contribution >= 4 is 23.3 Å². The number of thioether (sulfide) groups is 1. The zero-order valence-electron chi connectivity index (χ0n) is 16.3. The van der Waals surface area contributed by atoms with Crippen LogP contribution in [0.1, 0.15) is 38.7 Å². The Labute approximate surface area is 172 Å². The summed E-state index contributed by atoms with van der Waals surface area (Å²) in [6.45, 7) is 7.33. The summed E-state index contributed by atoms with van der Waals surface area (Å²) in [5.74, 6) is -0.520. The molecule has 1 fully saturated rings. The topological polar surface area (TPSA) is 55.4 Å². The van der Waals surface area contributed by atoms with Crippen LogP contribution in [-0.4, -0.2) is 23.4 Å². The third kappa shape index (κ3) is 6.75. The number of nitrogens with one attached hydrogen (secondary N) is 1. The SMILES string of the molecule is C=CCONC(C)=C1C(=O)CC(CC(C)Sc2ccc(C(F)(F)F)cc2)CC1=O. The summed E-state index contributed by atoms with van der Waals surface area (Å²) in [5, 5.41) is 0.0537. The van der Waals surface area contributed by atoms with E-state index in [1.165, 1.54) is 23.9 Å². The number of carbonyl (C=O) groups excluding carboxylic acids is 2. The van der Waals surface area contributed by atoms with Gasteiger partial charge in [0.2, 0.25) is 0 Å². The smallest absolute Gasteiger partial charge is 0.294 e. The summed E-state index contributed by atoms with van der Waals surface area (Å²) in [7, 11) is 0. The molecule has 1 aromatic carbocycles. The van der Waals surface area contributed by atoms with E-state index in [2.05, 4.69) is 12.1 Å².